The van der Waals surface area contributed by atoms with Crippen molar-refractivity contribution in [3.63, 3.8) is 0 Å². The number of amides is 3. The molecule has 0 atom stereocenters. The second-order valence-corrected chi connectivity index (χ2v) is 6.39. The molecule has 0 saturated carbocycles. The molecule has 0 unspecified atom stereocenters. The Morgan fingerprint density at radius 3 is 2.33 bits per heavy atom. The van der Waals surface area contributed by atoms with Gasteiger partial charge in [0.25, 0.3) is 11.8 Å². The molecule has 1 aliphatic rings. The van der Waals surface area contributed by atoms with Crippen LogP contribution in [0.4, 0.5) is 0 Å². The van der Waals surface area contributed by atoms with Crippen molar-refractivity contribution in [2.75, 3.05) is 19.6 Å². The van der Waals surface area contributed by atoms with Crippen LogP contribution in [-0.2, 0) is 4.79 Å². The van der Waals surface area contributed by atoms with E-state index in [9.17, 15) is 14.4 Å². The molecule has 1 aromatic carbocycles. The monoisotopic (exact) mass is 366 g/mol. The number of nitrogens with zero attached hydrogens (tertiary/aromatic N) is 2. The number of benzene rings is 1. The summed E-state index contributed by atoms with van der Waals surface area (Å²) in [6.07, 6.45) is 2.94. The summed E-state index contributed by atoms with van der Waals surface area (Å²) in [6, 6.07) is 14.0. The summed E-state index contributed by atoms with van der Waals surface area (Å²) >= 11 is 0. The molecule has 0 radical (unpaired) electrons. The number of pyridine rings is 1. The number of piperidine rings is 1. The van der Waals surface area contributed by atoms with E-state index in [0.717, 1.165) is 0 Å². The number of likely N-dealkylation sites (tertiary alicyclic amines) is 1. The third-order valence-electron chi connectivity index (χ3n) is 4.52. The summed E-state index contributed by atoms with van der Waals surface area (Å²) in [6.45, 7) is 1.07. The largest absolute Gasteiger partial charge is 0.348 e. The first-order valence-corrected chi connectivity index (χ1v) is 8.96. The summed E-state index contributed by atoms with van der Waals surface area (Å²) in [5.74, 6) is -0.578. The number of carbonyl (C=O) groups excluding carboxylic acids is 3. The maximum absolute atomic E-state index is 12.3. The van der Waals surface area contributed by atoms with Crippen molar-refractivity contribution in [3.05, 3.63) is 66.0 Å². The first kappa shape index (κ1) is 18.6. The summed E-state index contributed by atoms with van der Waals surface area (Å²) in [5, 5.41) is 5.61. The van der Waals surface area contributed by atoms with E-state index in [1.165, 1.54) is 0 Å². The molecular weight excluding hydrogens is 344 g/mol. The molecule has 0 spiro atoms. The molecule has 2 N–H and O–H groups in total. The van der Waals surface area contributed by atoms with Crippen molar-refractivity contribution in [2.45, 2.75) is 18.9 Å². The van der Waals surface area contributed by atoms with Gasteiger partial charge >= 0.3 is 0 Å². The Balaban J connectivity index is 1.41. The fraction of sp³-hybridized carbons (Fsp3) is 0.300. The van der Waals surface area contributed by atoms with Crippen LogP contribution < -0.4 is 10.6 Å². The zero-order chi connectivity index (χ0) is 19.1. The lowest BCUT2D eigenvalue weighted by Crippen LogP contribution is -2.49. The predicted octanol–water partition coefficient (Wildman–Crippen LogP) is 1.23. The van der Waals surface area contributed by atoms with Gasteiger partial charge in [-0.2, -0.15) is 0 Å². The zero-order valence-corrected chi connectivity index (χ0v) is 14.9. The molecule has 1 fully saturated rings. The van der Waals surface area contributed by atoms with Gasteiger partial charge in [-0.25, -0.2) is 0 Å². The Hall–Kier alpha value is -3.22. The smallest absolute Gasteiger partial charge is 0.270 e. The Morgan fingerprint density at radius 2 is 1.67 bits per heavy atom. The number of aromatic nitrogens is 1. The first-order valence-electron chi connectivity index (χ1n) is 8.96. The molecule has 0 bridgehead atoms. The van der Waals surface area contributed by atoms with E-state index in [4.69, 9.17) is 0 Å². The third-order valence-corrected chi connectivity index (χ3v) is 4.52. The van der Waals surface area contributed by atoms with Gasteiger partial charge in [-0.3, -0.25) is 19.4 Å². The van der Waals surface area contributed by atoms with Crippen molar-refractivity contribution in [3.8, 4) is 0 Å². The number of hydrogen-bond acceptors (Lipinski definition) is 4. The summed E-state index contributed by atoms with van der Waals surface area (Å²) in [7, 11) is 0. The van der Waals surface area contributed by atoms with E-state index < -0.39 is 0 Å². The van der Waals surface area contributed by atoms with E-state index in [2.05, 4.69) is 15.6 Å². The van der Waals surface area contributed by atoms with Gasteiger partial charge in [0.2, 0.25) is 5.91 Å². The van der Waals surface area contributed by atoms with Gasteiger partial charge < -0.3 is 15.5 Å². The first-order chi connectivity index (χ1) is 13.1. The van der Waals surface area contributed by atoms with E-state index in [0.29, 0.717) is 37.2 Å². The van der Waals surface area contributed by atoms with Crippen molar-refractivity contribution in [1.29, 1.82) is 0 Å². The molecule has 3 amide bonds. The maximum atomic E-state index is 12.3. The van der Waals surface area contributed by atoms with Gasteiger partial charge in [-0.05, 0) is 37.1 Å². The molecule has 1 aromatic heterocycles. The Morgan fingerprint density at radius 1 is 0.963 bits per heavy atom. The summed E-state index contributed by atoms with van der Waals surface area (Å²) in [5.41, 5.74) is 0.917. The summed E-state index contributed by atoms with van der Waals surface area (Å²) < 4.78 is 0. The standard InChI is InChI=1S/C20H22N4O3/c25-18(14-22-19(26)15-6-2-1-3-7-15)24-12-9-16(10-13-24)23-20(27)17-8-4-5-11-21-17/h1-8,11,16H,9-10,12-14H2,(H,22,26)(H,23,27). The average Bonchev–Trinajstić information content (AvgIpc) is 2.73. The Labute approximate surface area is 157 Å². The molecule has 0 aliphatic carbocycles. The molecule has 1 aliphatic heterocycles. The fourth-order valence-electron chi connectivity index (χ4n) is 2.99. The van der Waals surface area contributed by atoms with Crippen LogP contribution >= 0.6 is 0 Å². The highest BCUT2D eigenvalue weighted by molar-refractivity contribution is 5.96. The molecule has 140 valence electrons. The number of nitrogens with one attached hydrogen (secondary N) is 2. The highest BCUT2D eigenvalue weighted by atomic mass is 16.2. The minimum absolute atomic E-state index is 0.0162. The van der Waals surface area contributed by atoms with Crippen LogP contribution in [0.1, 0.15) is 33.7 Å². The van der Waals surface area contributed by atoms with E-state index in [1.54, 1.807) is 53.6 Å². The third kappa shape index (κ3) is 5.13. The lowest BCUT2D eigenvalue weighted by molar-refractivity contribution is -0.131. The topological polar surface area (TPSA) is 91.4 Å². The van der Waals surface area contributed by atoms with Gasteiger partial charge in [-0.1, -0.05) is 24.3 Å². The minimum atomic E-state index is -0.263. The van der Waals surface area contributed by atoms with E-state index in [-0.39, 0.29) is 30.3 Å². The highest BCUT2D eigenvalue weighted by Gasteiger charge is 2.24. The zero-order valence-electron chi connectivity index (χ0n) is 14.9. The van der Waals surface area contributed by atoms with Crippen molar-refractivity contribution in [2.24, 2.45) is 0 Å². The Bertz CT molecular complexity index is 787. The number of rotatable bonds is 5. The molecule has 3 rings (SSSR count). The molecule has 1 saturated heterocycles. The second-order valence-electron chi connectivity index (χ2n) is 6.39. The minimum Gasteiger partial charge on any atom is -0.348 e. The van der Waals surface area contributed by atoms with Crippen LogP contribution in [0.3, 0.4) is 0 Å². The Kier molecular flexibility index (Phi) is 6.14. The summed E-state index contributed by atoms with van der Waals surface area (Å²) in [4.78, 5) is 42.2. The number of carbonyl (C=O) groups is 3. The predicted molar refractivity (Wildman–Crippen MR) is 100 cm³/mol. The van der Waals surface area contributed by atoms with Crippen LogP contribution in [0.25, 0.3) is 0 Å². The maximum Gasteiger partial charge on any atom is 0.270 e. The van der Waals surface area contributed by atoms with Crippen molar-refractivity contribution in [1.82, 2.24) is 20.5 Å². The molecule has 27 heavy (non-hydrogen) atoms. The average molecular weight is 366 g/mol. The van der Waals surface area contributed by atoms with Gasteiger partial charge in [-0.15, -0.1) is 0 Å². The van der Waals surface area contributed by atoms with Crippen molar-refractivity contribution < 1.29 is 14.4 Å². The van der Waals surface area contributed by atoms with Crippen LogP contribution in [-0.4, -0.2) is 53.3 Å². The van der Waals surface area contributed by atoms with Crippen LogP contribution in [0.15, 0.2) is 54.7 Å². The molecule has 2 heterocycles. The van der Waals surface area contributed by atoms with Crippen LogP contribution in [0, 0.1) is 0 Å². The van der Waals surface area contributed by atoms with E-state index in [1.807, 2.05) is 6.07 Å². The highest BCUT2D eigenvalue weighted by Crippen LogP contribution is 2.11. The molecular formula is C20H22N4O3. The normalized spacial score (nSPS) is 14.4. The van der Waals surface area contributed by atoms with Gasteiger partial charge in [0.05, 0.1) is 6.54 Å². The van der Waals surface area contributed by atoms with Crippen LogP contribution in [0.2, 0.25) is 0 Å². The van der Waals surface area contributed by atoms with Crippen molar-refractivity contribution >= 4 is 17.7 Å². The quantitative estimate of drug-likeness (QED) is 0.833. The lowest BCUT2D eigenvalue weighted by atomic mass is 10.0. The SMILES string of the molecule is O=C(NCC(=O)N1CCC(NC(=O)c2ccccn2)CC1)c1ccccc1. The second kappa shape index (κ2) is 8.93. The van der Waals surface area contributed by atoms with Crippen LogP contribution in [0.5, 0.6) is 0 Å². The molecule has 2 aromatic rings. The number of hydrogen-bond donors (Lipinski definition) is 2. The van der Waals surface area contributed by atoms with E-state index >= 15 is 0 Å². The molecule has 7 heteroatoms. The van der Waals surface area contributed by atoms with Gasteiger partial charge in [0.15, 0.2) is 0 Å². The lowest BCUT2D eigenvalue weighted by Gasteiger charge is -2.32. The molecule has 7 nitrogen and oxygen atoms in total. The van der Waals surface area contributed by atoms with Gasteiger partial charge in [0.1, 0.15) is 5.69 Å². The van der Waals surface area contributed by atoms with Gasteiger partial charge in [0, 0.05) is 30.9 Å². The fourth-order valence-corrected chi connectivity index (χ4v) is 2.99.